The lowest BCUT2D eigenvalue weighted by Gasteiger charge is -2.01. The van der Waals surface area contributed by atoms with Gasteiger partial charge in [0, 0.05) is 17.1 Å². The van der Waals surface area contributed by atoms with Gasteiger partial charge in [-0.1, -0.05) is 18.2 Å². The van der Waals surface area contributed by atoms with Crippen molar-refractivity contribution in [1.82, 2.24) is 0 Å². The minimum atomic E-state index is -2.37. The Kier molecular flexibility index (Phi) is 3.38. The van der Waals surface area contributed by atoms with Crippen LogP contribution < -0.4 is 0 Å². The monoisotopic (exact) mass is 251 g/mol. The molecule has 4 nitrogen and oxygen atoms in total. The predicted molar refractivity (Wildman–Crippen MR) is 65.7 cm³/mol. The van der Waals surface area contributed by atoms with E-state index in [1.807, 2.05) is 0 Å². The second-order valence-electron chi connectivity index (χ2n) is 3.99. The molecule has 1 saturated heterocycles. The molecule has 90 valence electrons. The lowest BCUT2D eigenvalue weighted by Crippen LogP contribution is -2.07. The van der Waals surface area contributed by atoms with Crippen LogP contribution in [-0.4, -0.2) is 27.9 Å². The van der Waals surface area contributed by atoms with Crippen LogP contribution in [-0.2, 0) is 9.73 Å². The Bertz CT molecular complexity index is 559. The molecule has 1 fully saturated rings. The van der Waals surface area contributed by atoms with Gasteiger partial charge in [-0.15, -0.1) is 0 Å². The molecular weight excluding hydrogens is 238 g/mol. The van der Waals surface area contributed by atoms with E-state index in [1.165, 1.54) is 6.07 Å². The van der Waals surface area contributed by atoms with E-state index in [4.69, 9.17) is 0 Å². The minimum Gasteiger partial charge on any atom is -0.298 e. The van der Waals surface area contributed by atoms with Gasteiger partial charge in [0.2, 0.25) is 0 Å². The summed E-state index contributed by atoms with van der Waals surface area (Å²) in [7, 11) is -2.37. The van der Waals surface area contributed by atoms with Crippen LogP contribution in [0.1, 0.15) is 33.6 Å². The van der Waals surface area contributed by atoms with Gasteiger partial charge in [-0.3, -0.25) is 9.59 Å². The van der Waals surface area contributed by atoms with E-state index in [0.29, 0.717) is 23.4 Å². The number of aldehydes is 1. The first kappa shape index (κ1) is 12.0. The molecule has 0 saturated carbocycles. The van der Waals surface area contributed by atoms with Gasteiger partial charge >= 0.3 is 0 Å². The molecule has 0 unspecified atom stereocenters. The van der Waals surface area contributed by atoms with Gasteiger partial charge in [-0.2, -0.15) is 4.36 Å². The Balaban J connectivity index is 2.38. The zero-order valence-corrected chi connectivity index (χ0v) is 10.1. The van der Waals surface area contributed by atoms with Gasteiger partial charge in [0.25, 0.3) is 5.91 Å². The summed E-state index contributed by atoms with van der Waals surface area (Å²) in [6.45, 7) is 0. The number of amides is 1. The molecule has 0 N–H and O–H groups in total. The maximum atomic E-state index is 12.1. The summed E-state index contributed by atoms with van der Waals surface area (Å²) in [5, 5.41) is 0. The summed E-state index contributed by atoms with van der Waals surface area (Å²) < 4.78 is 15.9. The Labute approximate surface area is 100 Å². The fourth-order valence-electron chi connectivity index (χ4n) is 1.84. The van der Waals surface area contributed by atoms with E-state index in [0.717, 1.165) is 12.8 Å². The number of carbonyl (C=O) groups is 2. The molecule has 0 bridgehead atoms. The van der Waals surface area contributed by atoms with Gasteiger partial charge in [0.15, 0.2) is 6.29 Å². The number of hydrogen-bond acceptors (Lipinski definition) is 3. The molecule has 0 aromatic heterocycles. The molecule has 17 heavy (non-hydrogen) atoms. The Morgan fingerprint density at radius 2 is 1.88 bits per heavy atom. The fourth-order valence-corrected chi connectivity index (χ4v) is 3.94. The molecule has 1 aliphatic heterocycles. The minimum absolute atomic E-state index is 0.233. The number of rotatable bonds is 2. The third-order valence-electron chi connectivity index (χ3n) is 2.74. The van der Waals surface area contributed by atoms with Crippen molar-refractivity contribution in [3.63, 3.8) is 0 Å². The van der Waals surface area contributed by atoms with E-state index in [2.05, 4.69) is 4.36 Å². The molecule has 2 rings (SSSR count). The highest BCUT2D eigenvalue weighted by molar-refractivity contribution is 7.94. The highest BCUT2D eigenvalue weighted by atomic mass is 32.2. The number of benzene rings is 1. The van der Waals surface area contributed by atoms with Crippen LogP contribution in [0.2, 0.25) is 0 Å². The van der Waals surface area contributed by atoms with Crippen LogP contribution >= 0.6 is 0 Å². The summed E-state index contributed by atoms with van der Waals surface area (Å²) in [5.74, 6) is 0.434. The van der Waals surface area contributed by atoms with Crippen molar-refractivity contribution in [2.24, 2.45) is 4.36 Å². The second-order valence-corrected chi connectivity index (χ2v) is 6.53. The fraction of sp³-hybridized carbons (Fsp3) is 0.333. The summed E-state index contributed by atoms with van der Waals surface area (Å²) in [4.78, 5) is 22.7. The van der Waals surface area contributed by atoms with Gasteiger partial charge in [-0.25, -0.2) is 4.21 Å². The largest absolute Gasteiger partial charge is 0.298 e. The lowest BCUT2D eigenvalue weighted by atomic mass is 10.1. The average molecular weight is 251 g/mol. The van der Waals surface area contributed by atoms with Gasteiger partial charge in [-0.05, 0) is 18.9 Å². The highest BCUT2D eigenvalue weighted by Crippen LogP contribution is 2.16. The number of carbonyl (C=O) groups excluding carboxylic acids is 2. The SMILES string of the molecule is O=Cc1ccccc1C(=O)N=S1(=O)CCCC1. The van der Waals surface area contributed by atoms with Crippen molar-refractivity contribution in [3.8, 4) is 0 Å². The van der Waals surface area contributed by atoms with Gasteiger partial charge < -0.3 is 0 Å². The third-order valence-corrected chi connectivity index (χ3v) is 5.10. The summed E-state index contributed by atoms with van der Waals surface area (Å²) >= 11 is 0. The van der Waals surface area contributed by atoms with E-state index in [-0.39, 0.29) is 5.56 Å². The second kappa shape index (κ2) is 4.79. The molecule has 1 aromatic rings. The van der Waals surface area contributed by atoms with Crippen molar-refractivity contribution in [2.45, 2.75) is 12.8 Å². The third kappa shape index (κ3) is 2.61. The van der Waals surface area contributed by atoms with Crippen molar-refractivity contribution in [3.05, 3.63) is 35.4 Å². The molecule has 1 aliphatic rings. The Hall–Kier alpha value is -1.49. The van der Waals surface area contributed by atoms with Crippen LogP contribution in [0.5, 0.6) is 0 Å². The molecule has 1 aromatic carbocycles. The quantitative estimate of drug-likeness (QED) is 0.754. The summed E-state index contributed by atoms with van der Waals surface area (Å²) in [6, 6.07) is 6.43. The maximum absolute atomic E-state index is 12.1. The molecule has 5 heteroatoms. The molecule has 0 aliphatic carbocycles. The topological polar surface area (TPSA) is 63.6 Å². The average Bonchev–Trinajstić information content (AvgIpc) is 2.75. The number of nitrogens with zero attached hydrogens (tertiary/aromatic N) is 1. The van der Waals surface area contributed by atoms with Crippen LogP contribution in [0.15, 0.2) is 28.6 Å². The Morgan fingerprint density at radius 3 is 2.53 bits per heavy atom. The van der Waals surface area contributed by atoms with E-state index in [9.17, 15) is 13.8 Å². The smallest absolute Gasteiger partial charge is 0.285 e. The summed E-state index contributed by atoms with van der Waals surface area (Å²) in [5.41, 5.74) is 0.527. The van der Waals surface area contributed by atoms with Crippen molar-refractivity contribution in [1.29, 1.82) is 0 Å². The zero-order valence-electron chi connectivity index (χ0n) is 9.30. The van der Waals surface area contributed by atoms with Gasteiger partial charge in [0.05, 0.1) is 15.3 Å². The first-order valence-corrected chi connectivity index (χ1v) is 7.31. The molecule has 1 heterocycles. The van der Waals surface area contributed by atoms with Crippen LogP contribution in [0.4, 0.5) is 0 Å². The van der Waals surface area contributed by atoms with E-state index < -0.39 is 15.6 Å². The molecule has 0 spiro atoms. The first-order chi connectivity index (χ1) is 8.14. The Morgan fingerprint density at radius 1 is 1.24 bits per heavy atom. The van der Waals surface area contributed by atoms with E-state index in [1.54, 1.807) is 18.2 Å². The lowest BCUT2D eigenvalue weighted by molar-refractivity contribution is 0.0997. The van der Waals surface area contributed by atoms with Crippen LogP contribution in [0.3, 0.4) is 0 Å². The van der Waals surface area contributed by atoms with Crippen molar-refractivity contribution in [2.75, 3.05) is 11.5 Å². The van der Waals surface area contributed by atoms with Crippen molar-refractivity contribution < 1.29 is 13.8 Å². The first-order valence-electron chi connectivity index (χ1n) is 5.46. The van der Waals surface area contributed by atoms with Crippen molar-refractivity contribution >= 4 is 21.9 Å². The number of hydrogen-bond donors (Lipinski definition) is 0. The predicted octanol–water partition coefficient (Wildman–Crippen LogP) is 1.90. The normalized spacial score (nSPS) is 17.6. The highest BCUT2D eigenvalue weighted by Gasteiger charge is 2.19. The standard InChI is InChI=1S/C12H13NO3S/c14-9-10-5-1-2-6-11(10)12(15)13-17(16)7-3-4-8-17/h1-2,5-6,9H,3-4,7-8H2. The molecule has 1 amide bonds. The van der Waals surface area contributed by atoms with Gasteiger partial charge in [0.1, 0.15) is 0 Å². The molecule has 0 radical (unpaired) electrons. The summed E-state index contributed by atoms with van der Waals surface area (Å²) in [6.07, 6.45) is 2.32. The zero-order chi connectivity index (χ0) is 12.3. The van der Waals surface area contributed by atoms with Crippen LogP contribution in [0, 0.1) is 0 Å². The molecule has 0 atom stereocenters. The van der Waals surface area contributed by atoms with Crippen LogP contribution in [0.25, 0.3) is 0 Å². The van der Waals surface area contributed by atoms with E-state index >= 15 is 0 Å². The maximum Gasteiger partial charge on any atom is 0.285 e. The molecular formula is C12H13NO3S.